The van der Waals surface area contributed by atoms with Gasteiger partial charge in [-0.3, -0.25) is 9.78 Å². The maximum Gasteiger partial charge on any atom is 0.242 e. The fourth-order valence-electron chi connectivity index (χ4n) is 2.05. The SMILES string of the molecule is CCNC(=O)C1CCCN1c1cnccn1. The van der Waals surface area contributed by atoms with E-state index in [0.717, 1.165) is 25.2 Å². The number of carbonyl (C=O) groups excluding carboxylic acids is 1. The highest BCUT2D eigenvalue weighted by molar-refractivity contribution is 5.85. The summed E-state index contributed by atoms with van der Waals surface area (Å²) < 4.78 is 0. The molecule has 0 bridgehead atoms. The van der Waals surface area contributed by atoms with Crippen LogP contribution in [0.4, 0.5) is 5.82 Å². The van der Waals surface area contributed by atoms with Crippen LogP contribution in [0.3, 0.4) is 0 Å². The number of carbonyl (C=O) groups is 1. The van der Waals surface area contributed by atoms with E-state index in [2.05, 4.69) is 15.3 Å². The third kappa shape index (κ3) is 2.13. The molecule has 2 rings (SSSR count). The lowest BCUT2D eigenvalue weighted by Crippen LogP contribution is -2.43. The molecule has 1 aliphatic heterocycles. The van der Waals surface area contributed by atoms with Crippen molar-refractivity contribution in [2.75, 3.05) is 18.0 Å². The first-order valence-electron chi connectivity index (χ1n) is 5.63. The third-order valence-electron chi connectivity index (χ3n) is 2.75. The van der Waals surface area contributed by atoms with E-state index in [1.807, 2.05) is 11.8 Å². The summed E-state index contributed by atoms with van der Waals surface area (Å²) in [7, 11) is 0. The molecule has 1 unspecified atom stereocenters. The minimum absolute atomic E-state index is 0.0864. The number of nitrogens with one attached hydrogen (secondary N) is 1. The Kier molecular flexibility index (Phi) is 3.34. The topological polar surface area (TPSA) is 58.1 Å². The molecular weight excluding hydrogens is 204 g/mol. The van der Waals surface area contributed by atoms with Crippen molar-refractivity contribution < 1.29 is 4.79 Å². The largest absolute Gasteiger partial charge is 0.355 e. The van der Waals surface area contributed by atoms with Gasteiger partial charge in [0, 0.05) is 25.5 Å². The zero-order valence-corrected chi connectivity index (χ0v) is 9.39. The minimum Gasteiger partial charge on any atom is -0.355 e. The lowest BCUT2D eigenvalue weighted by Gasteiger charge is -2.24. The molecule has 5 heteroatoms. The van der Waals surface area contributed by atoms with E-state index in [1.54, 1.807) is 18.6 Å². The van der Waals surface area contributed by atoms with Crippen molar-refractivity contribution in [3.8, 4) is 0 Å². The molecule has 0 aromatic carbocycles. The lowest BCUT2D eigenvalue weighted by atomic mass is 10.2. The average molecular weight is 220 g/mol. The average Bonchev–Trinajstić information content (AvgIpc) is 2.79. The predicted molar refractivity (Wildman–Crippen MR) is 61.1 cm³/mol. The van der Waals surface area contributed by atoms with Gasteiger partial charge in [0.15, 0.2) is 0 Å². The summed E-state index contributed by atoms with van der Waals surface area (Å²) in [5.74, 6) is 0.877. The molecule has 0 saturated carbocycles. The van der Waals surface area contributed by atoms with Crippen molar-refractivity contribution in [2.24, 2.45) is 0 Å². The molecule has 1 N–H and O–H groups in total. The molecule has 0 radical (unpaired) electrons. The van der Waals surface area contributed by atoms with Crippen LogP contribution in [-0.2, 0) is 4.79 Å². The highest BCUT2D eigenvalue weighted by Gasteiger charge is 2.31. The van der Waals surface area contributed by atoms with E-state index in [9.17, 15) is 4.79 Å². The minimum atomic E-state index is -0.0864. The van der Waals surface area contributed by atoms with Crippen LogP contribution in [0.5, 0.6) is 0 Å². The predicted octanol–water partition coefficient (Wildman–Crippen LogP) is 0.581. The monoisotopic (exact) mass is 220 g/mol. The number of amides is 1. The lowest BCUT2D eigenvalue weighted by molar-refractivity contribution is -0.122. The Bertz CT molecular complexity index is 354. The number of nitrogens with zero attached hydrogens (tertiary/aromatic N) is 3. The molecule has 1 atom stereocenters. The van der Waals surface area contributed by atoms with E-state index in [4.69, 9.17) is 0 Å². The number of anilines is 1. The van der Waals surface area contributed by atoms with Crippen LogP contribution < -0.4 is 10.2 Å². The van der Waals surface area contributed by atoms with Crippen LogP contribution in [-0.4, -0.2) is 35.0 Å². The van der Waals surface area contributed by atoms with Crippen molar-refractivity contribution >= 4 is 11.7 Å². The van der Waals surface area contributed by atoms with E-state index in [-0.39, 0.29) is 11.9 Å². The smallest absolute Gasteiger partial charge is 0.242 e. The summed E-state index contributed by atoms with van der Waals surface area (Å²) in [6.07, 6.45) is 6.92. The van der Waals surface area contributed by atoms with Gasteiger partial charge in [0.1, 0.15) is 11.9 Å². The van der Waals surface area contributed by atoms with E-state index in [1.165, 1.54) is 0 Å². The molecule has 86 valence electrons. The van der Waals surface area contributed by atoms with Crippen LogP contribution in [0.2, 0.25) is 0 Å². The van der Waals surface area contributed by atoms with Crippen LogP contribution in [0.1, 0.15) is 19.8 Å². The summed E-state index contributed by atoms with van der Waals surface area (Å²) in [4.78, 5) is 22.1. The van der Waals surface area contributed by atoms with Gasteiger partial charge in [-0.2, -0.15) is 0 Å². The van der Waals surface area contributed by atoms with E-state index < -0.39 is 0 Å². The fourth-order valence-corrected chi connectivity index (χ4v) is 2.05. The van der Waals surface area contributed by atoms with Crippen LogP contribution in [0, 0.1) is 0 Å². The van der Waals surface area contributed by atoms with Gasteiger partial charge in [-0.15, -0.1) is 0 Å². The maximum atomic E-state index is 11.8. The number of aromatic nitrogens is 2. The molecule has 2 heterocycles. The fraction of sp³-hybridized carbons (Fsp3) is 0.545. The summed E-state index contributed by atoms with van der Waals surface area (Å²) in [6.45, 7) is 3.48. The second kappa shape index (κ2) is 4.92. The molecule has 0 aliphatic carbocycles. The van der Waals surface area contributed by atoms with Gasteiger partial charge < -0.3 is 10.2 Å². The van der Waals surface area contributed by atoms with Gasteiger partial charge in [-0.05, 0) is 19.8 Å². The Labute approximate surface area is 94.9 Å². The molecule has 1 aliphatic rings. The van der Waals surface area contributed by atoms with E-state index in [0.29, 0.717) is 6.54 Å². The zero-order valence-electron chi connectivity index (χ0n) is 9.39. The Hall–Kier alpha value is -1.65. The highest BCUT2D eigenvalue weighted by atomic mass is 16.2. The van der Waals surface area contributed by atoms with Gasteiger partial charge in [0.25, 0.3) is 0 Å². The van der Waals surface area contributed by atoms with Gasteiger partial charge in [-0.1, -0.05) is 0 Å². The zero-order chi connectivity index (χ0) is 11.4. The summed E-state index contributed by atoms with van der Waals surface area (Å²) >= 11 is 0. The molecule has 5 nitrogen and oxygen atoms in total. The Morgan fingerprint density at radius 1 is 1.62 bits per heavy atom. The van der Waals surface area contributed by atoms with Gasteiger partial charge in [0.05, 0.1) is 6.20 Å². The maximum absolute atomic E-state index is 11.8. The van der Waals surface area contributed by atoms with Crippen molar-refractivity contribution in [3.63, 3.8) is 0 Å². The molecule has 1 aromatic heterocycles. The number of hydrogen-bond acceptors (Lipinski definition) is 4. The third-order valence-corrected chi connectivity index (χ3v) is 2.75. The molecule has 1 fully saturated rings. The summed E-state index contributed by atoms with van der Waals surface area (Å²) in [5.41, 5.74) is 0. The Balaban J connectivity index is 2.12. The van der Waals surface area contributed by atoms with Gasteiger partial charge in [-0.25, -0.2) is 4.98 Å². The normalized spacial score (nSPS) is 19.8. The first-order valence-corrected chi connectivity index (χ1v) is 5.63. The highest BCUT2D eigenvalue weighted by Crippen LogP contribution is 2.22. The number of hydrogen-bond donors (Lipinski definition) is 1. The summed E-state index contributed by atoms with van der Waals surface area (Å²) in [6, 6.07) is -0.0864. The molecule has 16 heavy (non-hydrogen) atoms. The Morgan fingerprint density at radius 3 is 3.19 bits per heavy atom. The molecule has 1 amide bonds. The van der Waals surface area contributed by atoms with Crippen molar-refractivity contribution in [3.05, 3.63) is 18.6 Å². The van der Waals surface area contributed by atoms with Crippen molar-refractivity contribution in [2.45, 2.75) is 25.8 Å². The van der Waals surface area contributed by atoms with E-state index >= 15 is 0 Å². The number of likely N-dealkylation sites (N-methyl/N-ethyl adjacent to an activating group) is 1. The quantitative estimate of drug-likeness (QED) is 0.809. The standard InChI is InChI=1S/C11H16N4O/c1-2-13-11(16)9-4-3-7-15(9)10-8-12-5-6-14-10/h5-6,8-9H,2-4,7H2,1H3,(H,13,16). The van der Waals surface area contributed by atoms with Crippen molar-refractivity contribution in [1.82, 2.24) is 15.3 Å². The number of rotatable bonds is 3. The van der Waals surface area contributed by atoms with Gasteiger partial charge >= 0.3 is 0 Å². The summed E-state index contributed by atoms with van der Waals surface area (Å²) in [5, 5.41) is 2.86. The van der Waals surface area contributed by atoms with Crippen molar-refractivity contribution in [1.29, 1.82) is 0 Å². The Morgan fingerprint density at radius 2 is 2.50 bits per heavy atom. The van der Waals surface area contributed by atoms with Crippen LogP contribution in [0.15, 0.2) is 18.6 Å². The van der Waals surface area contributed by atoms with Gasteiger partial charge in [0.2, 0.25) is 5.91 Å². The first kappa shape index (κ1) is 10.9. The van der Waals surface area contributed by atoms with Crippen LogP contribution >= 0.6 is 0 Å². The first-order chi connectivity index (χ1) is 7.83. The molecular formula is C11H16N4O. The molecule has 1 aromatic rings. The van der Waals surface area contributed by atoms with Crippen LogP contribution in [0.25, 0.3) is 0 Å². The molecule has 0 spiro atoms. The second-order valence-electron chi connectivity index (χ2n) is 3.81. The molecule has 1 saturated heterocycles. The second-order valence-corrected chi connectivity index (χ2v) is 3.81.